The lowest BCUT2D eigenvalue weighted by Crippen LogP contribution is -2.48. The van der Waals surface area contributed by atoms with E-state index in [1.165, 1.54) is 23.9 Å². The molecule has 0 aromatic heterocycles. The summed E-state index contributed by atoms with van der Waals surface area (Å²) in [4.78, 5) is 20.9. The molecule has 1 aromatic rings. The van der Waals surface area contributed by atoms with Crippen molar-refractivity contribution in [1.82, 2.24) is 9.80 Å². The Hall–Kier alpha value is -2.03. The van der Waals surface area contributed by atoms with Gasteiger partial charge in [0.25, 0.3) is 5.91 Å². The number of thioether (sulfide) groups is 1. The zero-order chi connectivity index (χ0) is 17.1. The molecule has 3 rings (SSSR count). The molecule has 128 valence electrons. The summed E-state index contributed by atoms with van der Waals surface area (Å²) in [6, 6.07) is 4.24. The molecular formula is C16H19N3O4S. The van der Waals surface area contributed by atoms with Gasteiger partial charge in [-0.25, -0.2) is 0 Å². The minimum atomic E-state index is -0.319. The maximum Gasteiger partial charge on any atom is 0.286 e. The first-order valence-electron chi connectivity index (χ1n) is 7.69. The standard InChI is InChI=1S/C16H19N3O4S/c20-8-7-18-3-5-19(6-4-18)16-17-15(23)14(24-16)9-11-1-2-12(21)10-13(11)22/h1-2,9-10,20-22H,3-8H2. The number of aliphatic imine (C=N–C) groups is 1. The molecule has 1 saturated heterocycles. The zero-order valence-corrected chi connectivity index (χ0v) is 13.9. The van der Waals surface area contributed by atoms with Gasteiger partial charge in [0.2, 0.25) is 0 Å². The van der Waals surface area contributed by atoms with Crippen molar-refractivity contribution in [2.24, 2.45) is 4.99 Å². The van der Waals surface area contributed by atoms with Gasteiger partial charge in [-0.05, 0) is 30.0 Å². The Bertz CT molecular complexity index is 697. The van der Waals surface area contributed by atoms with E-state index in [0.29, 0.717) is 22.2 Å². The second kappa shape index (κ2) is 7.25. The van der Waals surface area contributed by atoms with E-state index in [0.717, 1.165) is 26.2 Å². The van der Waals surface area contributed by atoms with Gasteiger partial charge in [0.15, 0.2) is 5.17 Å². The molecule has 0 saturated carbocycles. The number of amides is 1. The summed E-state index contributed by atoms with van der Waals surface area (Å²) in [5.41, 5.74) is 0.466. The molecule has 2 heterocycles. The van der Waals surface area contributed by atoms with Crippen molar-refractivity contribution in [3.63, 3.8) is 0 Å². The Balaban J connectivity index is 1.67. The average molecular weight is 349 g/mol. The number of carbonyl (C=O) groups excluding carboxylic acids is 1. The second-order valence-electron chi connectivity index (χ2n) is 5.61. The van der Waals surface area contributed by atoms with Crippen LogP contribution in [-0.4, -0.2) is 75.5 Å². The summed E-state index contributed by atoms with van der Waals surface area (Å²) >= 11 is 1.29. The van der Waals surface area contributed by atoms with E-state index in [4.69, 9.17) is 5.11 Å². The van der Waals surface area contributed by atoms with Crippen molar-refractivity contribution in [2.75, 3.05) is 39.3 Å². The summed E-state index contributed by atoms with van der Waals surface area (Å²) in [6.45, 7) is 3.99. The number of aromatic hydroxyl groups is 2. The third-order valence-electron chi connectivity index (χ3n) is 3.97. The highest BCUT2D eigenvalue weighted by Crippen LogP contribution is 2.33. The van der Waals surface area contributed by atoms with Crippen LogP contribution in [0.4, 0.5) is 0 Å². The highest BCUT2D eigenvalue weighted by Gasteiger charge is 2.28. The Morgan fingerprint density at radius 1 is 1.21 bits per heavy atom. The number of aliphatic hydroxyl groups is 1. The molecule has 2 aliphatic heterocycles. The molecule has 0 radical (unpaired) electrons. The van der Waals surface area contributed by atoms with E-state index in [2.05, 4.69) is 14.8 Å². The van der Waals surface area contributed by atoms with Crippen LogP contribution in [-0.2, 0) is 4.79 Å². The maximum atomic E-state index is 12.1. The van der Waals surface area contributed by atoms with E-state index in [-0.39, 0.29) is 24.0 Å². The molecule has 1 fully saturated rings. The fourth-order valence-electron chi connectivity index (χ4n) is 2.63. The number of phenolic OH excluding ortho intramolecular Hbond substituents is 2. The number of nitrogens with zero attached hydrogens (tertiary/aromatic N) is 3. The molecule has 8 heteroatoms. The lowest BCUT2D eigenvalue weighted by atomic mass is 10.2. The summed E-state index contributed by atoms with van der Waals surface area (Å²) in [5, 5.41) is 28.8. The first-order chi connectivity index (χ1) is 11.6. The third kappa shape index (κ3) is 3.72. The molecule has 7 nitrogen and oxygen atoms in total. The SMILES string of the molecule is O=C1N=C(N2CCN(CCO)CC2)SC1=Cc1ccc(O)cc1O. The average Bonchev–Trinajstić information content (AvgIpc) is 2.92. The quantitative estimate of drug-likeness (QED) is 0.691. The number of piperazine rings is 1. The van der Waals surface area contributed by atoms with Crippen LogP contribution in [0.5, 0.6) is 11.5 Å². The van der Waals surface area contributed by atoms with Crippen molar-refractivity contribution < 1.29 is 20.1 Å². The highest BCUT2D eigenvalue weighted by atomic mass is 32.2. The smallest absolute Gasteiger partial charge is 0.286 e. The number of β-amino-alcohol motifs (C(OH)–C–C–N with tert-alkyl or cyclic N) is 1. The van der Waals surface area contributed by atoms with Gasteiger partial charge in [-0.1, -0.05) is 0 Å². The summed E-state index contributed by atoms with van der Waals surface area (Å²) < 4.78 is 0. The van der Waals surface area contributed by atoms with Gasteiger partial charge in [-0.3, -0.25) is 9.69 Å². The zero-order valence-electron chi connectivity index (χ0n) is 13.1. The summed E-state index contributed by atoms with van der Waals surface area (Å²) in [6.07, 6.45) is 1.58. The van der Waals surface area contributed by atoms with Gasteiger partial charge >= 0.3 is 0 Å². The number of rotatable bonds is 3. The van der Waals surface area contributed by atoms with Crippen LogP contribution in [0.25, 0.3) is 6.08 Å². The first kappa shape index (κ1) is 16.8. The monoisotopic (exact) mass is 349 g/mol. The molecule has 0 atom stereocenters. The Morgan fingerprint density at radius 2 is 1.96 bits per heavy atom. The summed E-state index contributed by atoms with van der Waals surface area (Å²) in [7, 11) is 0. The fraction of sp³-hybridized carbons (Fsp3) is 0.375. The number of benzene rings is 1. The van der Waals surface area contributed by atoms with Gasteiger partial charge in [0, 0.05) is 44.4 Å². The van der Waals surface area contributed by atoms with Crippen molar-refractivity contribution in [3.8, 4) is 11.5 Å². The Labute approximate surface area is 143 Å². The van der Waals surface area contributed by atoms with E-state index < -0.39 is 0 Å². The van der Waals surface area contributed by atoms with Gasteiger partial charge in [-0.15, -0.1) is 0 Å². The topological polar surface area (TPSA) is 96.6 Å². The van der Waals surface area contributed by atoms with Crippen LogP contribution in [0.3, 0.4) is 0 Å². The molecule has 1 amide bonds. The number of hydrogen-bond donors (Lipinski definition) is 3. The predicted molar refractivity (Wildman–Crippen MR) is 92.9 cm³/mol. The van der Waals surface area contributed by atoms with Gasteiger partial charge in [0.05, 0.1) is 11.5 Å². The molecule has 1 aromatic carbocycles. The van der Waals surface area contributed by atoms with Gasteiger partial charge in [0.1, 0.15) is 11.5 Å². The number of aliphatic hydroxyl groups excluding tert-OH is 1. The van der Waals surface area contributed by atoms with Crippen molar-refractivity contribution in [2.45, 2.75) is 0 Å². The van der Waals surface area contributed by atoms with E-state index >= 15 is 0 Å². The van der Waals surface area contributed by atoms with E-state index in [1.54, 1.807) is 12.1 Å². The normalized spacial score (nSPS) is 20.7. The molecule has 0 unspecified atom stereocenters. The number of hydrogen-bond acceptors (Lipinski definition) is 7. The number of carbonyl (C=O) groups is 1. The fourth-order valence-corrected chi connectivity index (χ4v) is 3.59. The van der Waals surface area contributed by atoms with Crippen LogP contribution in [0.2, 0.25) is 0 Å². The first-order valence-corrected chi connectivity index (χ1v) is 8.51. The lowest BCUT2D eigenvalue weighted by molar-refractivity contribution is -0.113. The third-order valence-corrected chi connectivity index (χ3v) is 5.01. The van der Waals surface area contributed by atoms with Gasteiger partial charge in [-0.2, -0.15) is 4.99 Å². The molecule has 24 heavy (non-hydrogen) atoms. The molecule has 3 N–H and O–H groups in total. The van der Waals surface area contributed by atoms with Crippen molar-refractivity contribution in [1.29, 1.82) is 0 Å². The van der Waals surface area contributed by atoms with Crippen LogP contribution in [0, 0.1) is 0 Å². The van der Waals surface area contributed by atoms with E-state index in [9.17, 15) is 15.0 Å². The Kier molecular flexibility index (Phi) is 5.08. The molecular weight excluding hydrogens is 330 g/mol. The van der Waals surface area contributed by atoms with Crippen molar-refractivity contribution >= 4 is 28.9 Å². The molecule has 0 bridgehead atoms. The number of amidine groups is 1. The molecule has 0 spiro atoms. The lowest BCUT2D eigenvalue weighted by Gasteiger charge is -2.34. The summed E-state index contributed by atoms with van der Waals surface area (Å²) in [5.74, 6) is -0.431. The number of phenols is 2. The van der Waals surface area contributed by atoms with Crippen LogP contribution in [0.1, 0.15) is 5.56 Å². The van der Waals surface area contributed by atoms with E-state index in [1.807, 2.05) is 0 Å². The van der Waals surface area contributed by atoms with Gasteiger partial charge < -0.3 is 20.2 Å². The van der Waals surface area contributed by atoms with Crippen LogP contribution in [0.15, 0.2) is 28.1 Å². The highest BCUT2D eigenvalue weighted by molar-refractivity contribution is 8.18. The Morgan fingerprint density at radius 3 is 2.62 bits per heavy atom. The minimum absolute atomic E-state index is 0.0299. The van der Waals surface area contributed by atoms with Crippen LogP contribution < -0.4 is 0 Å². The minimum Gasteiger partial charge on any atom is -0.508 e. The molecule has 0 aliphatic carbocycles. The molecule has 2 aliphatic rings. The maximum absolute atomic E-state index is 12.1. The second-order valence-corrected chi connectivity index (χ2v) is 6.61. The predicted octanol–water partition coefficient (Wildman–Crippen LogP) is 0.678. The van der Waals surface area contributed by atoms with Crippen molar-refractivity contribution in [3.05, 3.63) is 28.7 Å². The largest absolute Gasteiger partial charge is 0.508 e. The van der Waals surface area contributed by atoms with Crippen LogP contribution >= 0.6 is 11.8 Å².